The third-order valence-electron chi connectivity index (χ3n) is 1.93. The first-order valence-electron chi connectivity index (χ1n) is 4.22. The van der Waals surface area contributed by atoms with Crippen molar-refractivity contribution in [2.24, 2.45) is 0 Å². The van der Waals surface area contributed by atoms with Crippen LogP contribution in [0.3, 0.4) is 0 Å². The standard InChI is InChI=1S/C10H10N2O2/c1-14-9-6-10(13)12-8(9)5-7-3-2-4-11-7/h2-6,11H,1H3,(H,12,13)/b8-5+. The van der Waals surface area contributed by atoms with Crippen LogP contribution in [-0.2, 0) is 9.53 Å². The number of H-pyrrole nitrogens is 1. The lowest BCUT2D eigenvalue weighted by Crippen LogP contribution is -2.13. The van der Waals surface area contributed by atoms with Crippen LogP contribution in [0.15, 0.2) is 35.9 Å². The number of hydrogen-bond donors (Lipinski definition) is 2. The molecule has 0 saturated heterocycles. The van der Waals surface area contributed by atoms with E-state index in [2.05, 4.69) is 10.3 Å². The molecule has 2 rings (SSSR count). The molecule has 4 nitrogen and oxygen atoms in total. The quantitative estimate of drug-likeness (QED) is 0.731. The molecule has 1 aliphatic heterocycles. The molecule has 0 atom stereocenters. The summed E-state index contributed by atoms with van der Waals surface area (Å²) in [6.45, 7) is 0. The van der Waals surface area contributed by atoms with Crippen molar-refractivity contribution in [3.05, 3.63) is 41.6 Å². The fraction of sp³-hybridized carbons (Fsp3) is 0.100. The van der Waals surface area contributed by atoms with Gasteiger partial charge in [0, 0.05) is 18.0 Å². The van der Waals surface area contributed by atoms with Crippen molar-refractivity contribution in [3.63, 3.8) is 0 Å². The van der Waals surface area contributed by atoms with Gasteiger partial charge in [0.15, 0.2) is 0 Å². The zero-order chi connectivity index (χ0) is 9.97. The molecular formula is C10H10N2O2. The molecule has 0 radical (unpaired) electrons. The van der Waals surface area contributed by atoms with Crippen LogP contribution in [0.1, 0.15) is 5.69 Å². The van der Waals surface area contributed by atoms with Crippen LogP contribution < -0.4 is 5.32 Å². The van der Waals surface area contributed by atoms with E-state index in [1.165, 1.54) is 13.2 Å². The fourth-order valence-electron chi connectivity index (χ4n) is 1.29. The number of carbonyl (C=O) groups is 1. The average molecular weight is 190 g/mol. The first-order chi connectivity index (χ1) is 6.79. The van der Waals surface area contributed by atoms with Gasteiger partial charge in [-0.1, -0.05) is 0 Å². The number of methoxy groups -OCH3 is 1. The molecule has 0 fully saturated rings. The first kappa shape index (κ1) is 8.62. The lowest BCUT2D eigenvalue weighted by Gasteiger charge is -2.02. The minimum Gasteiger partial charge on any atom is -0.494 e. The highest BCUT2D eigenvalue weighted by Crippen LogP contribution is 2.16. The van der Waals surface area contributed by atoms with Gasteiger partial charge in [0.25, 0.3) is 5.91 Å². The largest absolute Gasteiger partial charge is 0.494 e. The van der Waals surface area contributed by atoms with E-state index in [0.29, 0.717) is 11.5 Å². The molecule has 1 aliphatic rings. The normalized spacial score (nSPS) is 18.2. The maximum absolute atomic E-state index is 11.0. The van der Waals surface area contributed by atoms with Crippen molar-refractivity contribution < 1.29 is 9.53 Å². The first-order valence-corrected chi connectivity index (χ1v) is 4.22. The van der Waals surface area contributed by atoms with Gasteiger partial charge in [-0.25, -0.2) is 0 Å². The van der Waals surface area contributed by atoms with Gasteiger partial charge >= 0.3 is 0 Å². The Morgan fingerprint density at radius 2 is 2.36 bits per heavy atom. The molecule has 1 amide bonds. The minimum atomic E-state index is -0.153. The number of aromatic nitrogens is 1. The van der Waals surface area contributed by atoms with Gasteiger partial charge < -0.3 is 15.0 Å². The predicted octanol–water partition coefficient (Wildman–Crippen LogP) is 1.02. The Labute approximate surface area is 81.3 Å². The molecule has 0 aromatic carbocycles. The summed E-state index contributed by atoms with van der Waals surface area (Å²) in [6, 6.07) is 3.80. The van der Waals surface area contributed by atoms with E-state index in [1.54, 1.807) is 0 Å². The summed E-state index contributed by atoms with van der Waals surface area (Å²) in [5.41, 5.74) is 1.60. The summed E-state index contributed by atoms with van der Waals surface area (Å²) in [7, 11) is 1.54. The van der Waals surface area contributed by atoms with Crippen LogP contribution in [0.5, 0.6) is 0 Å². The maximum Gasteiger partial charge on any atom is 0.252 e. The second kappa shape index (κ2) is 3.41. The van der Waals surface area contributed by atoms with E-state index < -0.39 is 0 Å². The van der Waals surface area contributed by atoms with E-state index >= 15 is 0 Å². The van der Waals surface area contributed by atoms with Gasteiger partial charge in [0.2, 0.25) is 0 Å². The predicted molar refractivity (Wildman–Crippen MR) is 52.0 cm³/mol. The van der Waals surface area contributed by atoms with Gasteiger partial charge in [-0.2, -0.15) is 0 Å². The Morgan fingerprint density at radius 3 is 3.00 bits per heavy atom. The molecule has 0 aliphatic carbocycles. The lowest BCUT2D eigenvalue weighted by molar-refractivity contribution is -0.115. The molecule has 1 aromatic rings. The average Bonchev–Trinajstić information content (AvgIpc) is 2.76. The van der Waals surface area contributed by atoms with Crippen molar-refractivity contribution in [2.45, 2.75) is 0 Å². The van der Waals surface area contributed by atoms with Crippen molar-refractivity contribution in [1.29, 1.82) is 0 Å². The number of hydrogen-bond acceptors (Lipinski definition) is 2. The molecular weight excluding hydrogens is 180 g/mol. The van der Waals surface area contributed by atoms with Gasteiger partial charge in [-0.05, 0) is 18.2 Å². The SMILES string of the molecule is COC1=CC(=O)N/C1=C/c1ccc[nH]1. The Hall–Kier alpha value is -1.97. The molecule has 72 valence electrons. The topological polar surface area (TPSA) is 54.1 Å². The van der Waals surface area contributed by atoms with Crippen molar-refractivity contribution in [3.8, 4) is 0 Å². The Balaban J connectivity index is 2.28. The number of carbonyl (C=O) groups excluding carboxylic acids is 1. The van der Waals surface area contributed by atoms with E-state index in [0.717, 1.165) is 5.69 Å². The Kier molecular flexibility index (Phi) is 2.10. The molecule has 2 heterocycles. The summed E-state index contributed by atoms with van der Waals surface area (Å²) >= 11 is 0. The lowest BCUT2D eigenvalue weighted by atomic mass is 10.3. The minimum absolute atomic E-state index is 0.153. The van der Waals surface area contributed by atoms with Crippen molar-refractivity contribution in [2.75, 3.05) is 7.11 Å². The van der Waals surface area contributed by atoms with Crippen LogP contribution in [0, 0.1) is 0 Å². The summed E-state index contributed by atoms with van der Waals surface area (Å²) in [5, 5.41) is 2.68. The highest BCUT2D eigenvalue weighted by molar-refractivity contribution is 5.95. The summed E-state index contributed by atoms with van der Waals surface area (Å²) in [5.74, 6) is 0.407. The smallest absolute Gasteiger partial charge is 0.252 e. The third kappa shape index (κ3) is 1.54. The number of rotatable bonds is 2. The van der Waals surface area contributed by atoms with Gasteiger partial charge in [0.05, 0.1) is 12.8 Å². The summed E-state index contributed by atoms with van der Waals surface area (Å²) < 4.78 is 5.04. The molecule has 14 heavy (non-hydrogen) atoms. The fourth-order valence-corrected chi connectivity index (χ4v) is 1.29. The maximum atomic E-state index is 11.0. The van der Waals surface area contributed by atoms with Gasteiger partial charge in [-0.3, -0.25) is 4.79 Å². The molecule has 4 heteroatoms. The van der Waals surface area contributed by atoms with E-state index in [1.807, 2.05) is 24.4 Å². The zero-order valence-electron chi connectivity index (χ0n) is 7.70. The second-order valence-electron chi connectivity index (χ2n) is 2.89. The van der Waals surface area contributed by atoms with Gasteiger partial charge in [0.1, 0.15) is 5.76 Å². The Morgan fingerprint density at radius 1 is 1.50 bits per heavy atom. The highest BCUT2D eigenvalue weighted by Gasteiger charge is 2.17. The summed E-state index contributed by atoms with van der Waals surface area (Å²) in [4.78, 5) is 14.0. The van der Waals surface area contributed by atoms with Crippen LogP contribution in [0.4, 0.5) is 0 Å². The van der Waals surface area contributed by atoms with Crippen molar-refractivity contribution >= 4 is 12.0 Å². The number of aromatic amines is 1. The number of ether oxygens (including phenoxy) is 1. The molecule has 1 aromatic heterocycles. The highest BCUT2D eigenvalue weighted by atomic mass is 16.5. The molecule has 0 unspecified atom stereocenters. The van der Waals surface area contributed by atoms with Crippen LogP contribution >= 0.6 is 0 Å². The third-order valence-corrected chi connectivity index (χ3v) is 1.93. The molecule has 2 N–H and O–H groups in total. The number of nitrogens with one attached hydrogen (secondary N) is 2. The number of amides is 1. The van der Waals surface area contributed by atoms with Gasteiger partial charge in [-0.15, -0.1) is 0 Å². The van der Waals surface area contributed by atoms with Crippen LogP contribution in [0.2, 0.25) is 0 Å². The van der Waals surface area contributed by atoms with Crippen LogP contribution in [-0.4, -0.2) is 18.0 Å². The zero-order valence-corrected chi connectivity index (χ0v) is 7.70. The Bertz CT molecular complexity index is 402. The second-order valence-corrected chi connectivity index (χ2v) is 2.89. The van der Waals surface area contributed by atoms with E-state index in [9.17, 15) is 4.79 Å². The summed E-state index contributed by atoms with van der Waals surface area (Å²) in [6.07, 6.45) is 5.06. The molecule has 0 saturated carbocycles. The van der Waals surface area contributed by atoms with Crippen LogP contribution in [0.25, 0.3) is 6.08 Å². The van der Waals surface area contributed by atoms with Crippen molar-refractivity contribution in [1.82, 2.24) is 10.3 Å². The molecule has 0 bridgehead atoms. The van der Waals surface area contributed by atoms with E-state index in [4.69, 9.17) is 4.74 Å². The van der Waals surface area contributed by atoms with E-state index in [-0.39, 0.29) is 5.91 Å². The monoisotopic (exact) mass is 190 g/mol. The molecule has 0 spiro atoms.